The Morgan fingerprint density at radius 1 is 1.67 bits per heavy atom. The summed E-state index contributed by atoms with van der Waals surface area (Å²) in [5.41, 5.74) is 8.14. The van der Waals surface area contributed by atoms with Gasteiger partial charge >= 0.3 is 0 Å². The highest BCUT2D eigenvalue weighted by atomic mass is 32.2. The summed E-state index contributed by atoms with van der Waals surface area (Å²) in [6.07, 6.45) is 1.25. The monoisotopic (exact) mass is 250 g/mol. The van der Waals surface area contributed by atoms with Gasteiger partial charge in [0, 0.05) is 42.3 Å². The van der Waals surface area contributed by atoms with Crippen LogP contribution in [0.4, 0.5) is 0 Å². The van der Waals surface area contributed by atoms with Crippen LogP contribution in [0, 0.1) is 0 Å². The van der Waals surface area contributed by atoms with E-state index < -0.39 is 15.2 Å². The smallest absolute Gasteiger partial charge is 0.164 e. The van der Waals surface area contributed by atoms with Gasteiger partial charge in [-0.25, -0.2) is 8.42 Å². The van der Waals surface area contributed by atoms with Gasteiger partial charge in [-0.1, -0.05) is 5.11 Å². The third-order valence-electron chi connectivity index (χ3n) is 2.24. The van der Waals surface area contributed by atoms with Crippen LogP contribution in [0.15, 0.2) is 5.11 Å². The van der Waals surface area contributed by atoms with Crippen LogP contribution in [0.25, 0.3) is 10.4 Å². The Kier molecular flexibility index (Phi) is 4.72. The van der Waals surface area contributed by atoms with E-state index in [0.29, 0.717) is 18.8 Å². The highest BCUT2D eigenvalue weighted by molar-refractivity contribution is 8.00. The molecule has 0 radical (unpaired) electrons. The van der Waals surface area contributed by atoms with Crippen molar-refractivity contribution in [2.45, 2.75) is 5.37 Å². The summed E-state index contributed by atoms with van der Waals surface area (Å²) < 4.78 is 22.9. The third kappa shape index (κ3) is 3.90. The van der Waals surface area contributed by atoms with E-state index >= 15 is 0 Å². The standard InChI is InChI=1S/C7H14N4O2S2/c1-15(12,13)7-6-14-5-4-11(7)3-2-9-10-8/h7H,2-6H2,1H3. The van der Waals surface area contributed by atoms with Crippen LogP contribution in [-0.2, 0) is 9.84 Å². The maximum absolute atomic E-state index is 11.5. The van der Waals surface area contributed by atoms with Gasteiger partial charge < -0.3 is 0 Å². The van der Waals surface area contributed by atoms with Gasteiger partial charge in [-0.15, -0.1) is 0 Å². The molecule has 1 aliphatic heterocycles. The van der Waals surface area contributed by atoms with Gasteiger partial charge in [-0.05, 0) is 5.53 Å². The van der Waals surface area contributed by atoms with Crippen molar-refractivity contribution in [1.29, 1.82) is 0 Å². The Balaban J connectivity index is 2.62. The minimum Gasteiger partial charge on any atom is -0.286 e. The molecule has 8 heteroatoms. The molecule has 0 saturated carbocycles. The van der Waals surface area contributed by atoms with E-state index in [1.54, 1.807) is 11.8 Å². The normalized spacial score (nSPS) is 23.4. The quantitative estimate of drug-likeness (QED) is 0.418. The fraction of sp³-hybridized carbons (Fsp3) is 1.00. The summed E-state index contributed by atoms with van der Waals surface area (Å²) in [5.74, 6) is 1.54. The lowest BCUT2D eigenvalue weighted by Gasteiger charge is -2.33. The molecule has 15 heavy (non-hydrogen) atoms. The molecule has 0 aliphatic carbocycles. The molecule has 6 nitrogen and oxygen atoms in total. The van der Waals surface area contributed by atoms with Crippen molar-refractivity contribution in [3.8, 4) is 0 Å². The average molecular weight is 250 g/mol. The molecule has 1 rings (SSSR count). The van der Waals surface area contributed by atoms with Crippen molar-refractivity contribution < 1.29 is 8.42 Å². The van der Waals surface area contributed by atoms with Gasteiger partial charge in [0.1, 0.15) is 5.37 Å². The first-order valence-electron chi connectivity index (χ1n) is 4.57. The first kappa shape index (κ1) is 12.6. The molecular formula is C7H14N4O2S2. The van der Waals surface area contributed by atoms with Crippen LogP contribution in [-0.4, -0.2) is 56.1 Å². The molecule has 0 aromatic carbocycles. The molecule has 1 atom stereocenters. The molecule has 0 aromatic rings. The second-order valence-corrected chi connectivity index (χ2v) is 6.70. The molecule has 1 fully saturated rings. The number of sulfone groups is 1. The fourth-order valence-electron chi connectivity index (χ4n) is 1.48. The lowest BCUT2D eigenvalue weighted by molar-refractivity contribution is 0.278. The van der Waals surface area contributed by atoms with Crippen molar-refractivity contribution in [3.05, 3.63) is 10.4 Å². The Morgan fingerprint density at radius 3 is 3.00 bits per heavy atom. The zero-order valence-corrected chi connectivity index (χ0v) is 10.2. The van der Waals surface area contributed by atoms with Gasteiger partial charge in [0.05, 0.1) is 0 Å². The first-order valence-corrected chi connectivity index (χ1v) is 7.68. The Morgan fingerprint density at radius 2 is 2.40 bits per heavy atom. The van der Waals surface area contributed by atoms with Gasteiger partial charge in [-0.3, -0.25) is 4.90 Å². The fourth-order valence-corrected chi connectivity index (χ4v) is 4.46. The summed E-state index contributed by atoms with van der Waals surface area (Å²) in [5, 5.41) is 2.99. The Labute approximate surface area is 93.6 Å². The maximum Gasteiger partial charge on any atom is 0.164 e. The summed E-state index contributed by atoms with van der Waals surface area (Å²) in [6.45, 7) is 1.58. The summed E-state index contributed by atoms with van der Waals surface area (Å²) in [7, 11) is -3.04. The van der Waals surface area contributed by atoms with E-state index in [2.05, 4.69) is 10.0 Å². The average Bonchev–Trinajstić information content (AvgIpc) is 2.17. The van der Waals surface area contributed by atoms with Crippen LogP contribution < -0.4 is 0 Å². The molecule has 1 heterocycles. The largest absolute Gasteiger partial charge is 0.286 e. The minimum atomic E-state index is -3.04. The zero-order valence-electron chi connectivity index (χ0n) is 8.53. The second kappa shape index (κ2) is 5.60. The molecule has 0 N–H and O–H groups in total. The van der Waals surface area contributed by atoms with Crippen molar-refractivity contribution >= 4 is 21.6 Å². The lowest BCUT2D eigenvalue weighted by atomic mass is 10.4. The highest BCUT2D eigenvalue weighted by Gasteiger charge is 2.30. The van der Waals surface area contributed by atoms with Gasteiger partial charge in [0.25, 0.3) is 0 Å². The van der Waals surface area contributed by atoms with Crippen LogP contribution in [0.2, 0.25) is 0 Å². The number of hydrogen-bond acceptors (Lipinski definition) is 5. The van der Waals surface area contributed by atoms with Crippen molar-refractivity contribution in [2.24, 2.45) is 5.11 Å². The zero-order chi connectivity index (χ0) is 11.3. The number of nitrogens with zero attached hydrogens (tertiary/aromatic N) is 4. The van der Waals surface area contributed by atoms with Gasteiger partial charge in [0.2, 0.25) is 0 Å². The predicted molar refractivity (Wildman–Crippen MR) is 61.5 cm³/mol. The third-order valence-corrected chi connectivity index (χ3v) is 4.92. The van der Waals surface area contributed by atoms with E-state index in [1.165, 1.54) is 6.26 Å². The van der Waals surface area contributed by atoms with Crippen LogP contribution in [0.5, 0.6) is 0 Å². The van der Waals surface area contributed by atoms with E-state index in [9.17, 15) is 8.42 Å². The molecule has 0 aromatic heterocycles. The molecule has 1 saturated heterocycles. The van der Waals surface area contributed by atoms with E-state index in [1.807, 2.05) is 4.90 Å². The predicted octanol–water partition coefficient (Wildman–Crippen LogP) is 0.716. The number of rotatable bonds is 4. The van der Waals surface area contributed by atoms with Crippen LogP contribution in [0.3, 0.4) is 0 Å². The Bertz CT molecular complexity index is 350. The molecule has 1 unspecified atom stereocenters. The first-order chi connectivity index (χ1) is 7.05. The van der Waals surface area contributed by atoms with E-state index in [-0.39, 0.29) is 0 Å². The van der Waals surface area contributed by atoms with E-state index in [4.69, 9.17) is 5.53 Å². The lowest BCUT2D eigenvalue weighted by Crippen LogP contribution is -2.47. The highest BCUT2D eigenvalue weighted by Crippen LogP contribution is 2.19. The van der Waals surface area contributed by atoms with Crippen molar-refractivity contribution in [1.82, 2.24) is 4.90 Å². The molecule has 86 valence electrons. The van der Waals surface area contributed by atoms with Crippen molar-refractivity contribution in [3.63, 3.8) is 0 Å². The molecule has 0 bridgehead atoms. The van der Waals surface area contributed by atoms with Crippen molar-refractivity contribution in [2.75, 3.05) is 37.4 Å². The van der Waals surface area contributed by atoms with Crippen LogP contribution >= 0.6 is 11.8 Å². The number of azide groups is 1. The van der Waals surface area contributed by atoms with Gasteiger partial charge in [-0.2, -0.15) is 11.8 Å². The molecule has 0 spiro atoms. The van der Waals surface area contributed by atoms with Crippen LogP contribution in [0.1, 0.15) is 0 Å². The summed E-state index contributed by atoms with van der Waals surface area (Å²) in [6, 6.07) is 0. The molecule has 1 aliphatic rings. The number of thioether (sulfide) groups is 1. The number of hydrogen-bond donors (Lipinski definition) is 0. The Hall–Kier alpha value is -0.430. The van der Waals surface area contributed by atoms with E-state index in [0.717, 1.165) is 12.3 Å². The summed E-state index contributed by atoms with van der Waals surface area (Å²) >= 11 is 1.65. The molecule has 0 amide bonds. The summed E-state index contributed by atoms with van der Waals surface area (Å²) in [4.78, 5) is 4.53. The topological polar surface area (TPSA) is 86.1 Å². The maximum atomic E-state index is 11.5. The molecular weight excluding hydrogens is 236 g/mol. The SMILES string of the molecule is CS(=O)(=O)C1CSCCN1CCN=[N+]=[N-]. The minimum absolute atomic E-state index is 0.327. The second-order valence-electron chi connectivity index (χ2n) is 3.35. The van der Waals surface area contributed by atoms with Gasteiger partial charge in [0.15, 0.2) is 9.84 Å².